The number of nitrogens with one attached hydrogen (secondary N) is 1. The summed E-state index contributed by atoms with van der Waals surface area (Å²) < 4.78 is 0. The van der Waals surface area contributed by atoms with Gasteiger partial charge in [-0.1, -0.05) is 43.5 Å². The van der Waals surface area contributed by atoms with Crippen LogP contribution >= 0.6 is 11.6 Å². The highest BCUT2D eigenvalue weighted by atomic mass is 35.5. The number of carbonyl (C=O) groups is 2. The number of rotatable bonds is 9. The van der Waals surface area contributed by atoms with Crippen LogP contribution in [-0.2, 0) is 16.0 Å². The second-order valence-corrected chi connectivity index (χ2v) is 5.81. The molecule has 0 fully saturated rings. The Bertz CT molecular complexity index is 474. The van der Waals surface area contributed by atoms with E-state index in [9.17, 15) is 9.59 Å². The quantitative estimate of drug-likeness (QED) is 0.710. The van der Waals surface area contributed by atoms with Gasteiger partial charge in [0.1, 0.15) is 0 Å². The van der Waals surface area contributed by atoms with Crippen LogP contribution in [0.15, 0.2) is 24.3 Å². The summed E-state index contributed by atoms with van der Waals surface area (Å²) in [5, 5.41) is 3.56. The smallest absolute Gasteiger partial charge is 0.239 e. The summed E-state index contributed by atoms with van der Waals surface area (Å²) >= 11 is 5.83. The highest BCUT2D eigenvalue weighted by Gasteiger charge is 2.12. The van der Waals surface area contributed by atoms with E-state index in [0.717, 1.165) is 31.2 Å². The summed E-state index contributed by atoms with van der Waals surface area (Å²) in [5.74, 6) is -0.162. The van der Waals surface area contributed by atoms with Crippen molar-refractivity contribution in [3.63, 3.8) is 0 Å². The van der Waals surface area contributed by atoms with Gasteiger partial charge < -0.3 is 10.2 Å². The summed E-state index contributed by atoms with van der Waals surface area (Å²) in [6.45, 7) is 4.96. The molecule has 0 aromatic heterocycles. The Kier molecular flexibility index (Phi) is 8.60. The number of nitrogens with zero attached hydrogens (tertiary/aromatic N) is 1. The molecule has 0 aliphatic carbocycles. The number of hydrogen-bond donors (Lipinski definition) is 1. The third kappa shape index (κ3) is 7.46. The Morgan fingerprint density at radius 1 is 1.18 bits per heavy atom. The highest BCUT2D eigenvalue weighted by molar-refractivity contribution is 6.30. The molecular weight excluding hydrogens is 300 g/mol. The maximum atomic E-state index is 11.9. The molecule has 1 N–H and O–H groups in total. The zero-order valence-electron chi connectivity index (χ0n) is 13.4. The summed E-state index contributed by atoms with van der Waals surface area (Å²) in [6.07, 6.45) is 3.86. The van der Waals surface area contributed by atoms with Crippen LogP contribution in [0, 0.1) is 0 Å². The number of benzene rings is 1. The van der Waals surface area contributed by atoms with E-state index in [1.54, 1.807) is 4.90 Å². The second-order valence-electron chi connectivity index (χ2n) is 5.37. The predicted molar refractivity (Wildman–Crippen MR) is 89.9 cm³/mol. The van der Waals surface area contributed by atoms with Crippen molar-refractivity contribution < 1.29 is 9.59 Å². The lowest BCUT2D eigenvalue weighted by atomic mass is 10.1. The minimum atomic E-state index is -0.110. The number of hydrogen-bond acceptors (Lipinski definition) is 2. The van der Waals surface area contributed by atoms with Gasteiger partial charge in [-0.3, -0.25) is 9.59 Å². The van der Waals surface area contributed by atoms with Gasteiger partial charge in [-0.05, 0) is 30.5 Å². The monoisotopic (exact) mass is 324 g/mol. The third-order valence-electron chi connectivity index (χ3n) is 3.46. The van der Waals surface area contributed by atoms with Crippen molar-refractivity contribution in [3.05, 3.63) is 34.9 Å². The van der Waals surface area contributed by atoms with Crippen molar-refractivity contribution in [3.8, 4) is 0 Å². The van der Waals surface area contributed by atoms with Gasteiger partial charge in [-0.15, -0.1) is 0 Å². The van der Waals surface area contributed by atoms with E-state index in [1.807, 2.05) is 24.3 Å². The molecule has 1 rings (SSSR count). The van der Waals surface area contributed by atoms with E-state index >= 15 is 0 Å². The molecule has 5 heteroatoms. The van der Waals surface area contributed by atoms with Gasteiger partial charge in [0.15, 0.2) is 0 Å². The molecule has 1 aromatic rings. The summed E-state index contributed by atoms with van der Waals surface area (Å²) in [5.41, 5.74) is 1.12. The average molecular weight is 325 g/mol. The van der Waals surface area contributed by atoms with Gasteiger partial charge in [0, 0.05) is 25.0 Å². The minimum absolute atomic E-state index is 0.0519. The van der Waals surface area contributed by atoms with Crippen LogP contribution < -0.4 is 5.32 Å². The lowest BCUT2D eigenvalue weighted by Crippen LogP contribution is -2.40. The van der Waals surface area contributed by atoms with Crippen molar-refractivity contribution >= 4 is 23.4 Å². The van der Waals surface area contributed by atoms with E-state index in [-0.39, 0.29) is 18.4 Å². The first-order valence-corrected chi connectivity index (χ1v) is 8.17. The molecule has 4 nitrogen and oxygen atoms in total. The fraction of sp³-hybridized carbons (Fsp3) is 0.529. The first-order chi connectivity index (χ1) is 10.5. The van der Waals surface area contributed by atoms with Crippen molar-refractivity contribution in [1.29, 1.82) is 0 Å². The standard InChI is InChI=1S/C17H25ClN2O2/c1-3-4-5-12-20(14(2)21)13-17(22)19-11-10-15-6-8-16(18)9-7-15/h6-9H,3-5,10-13H2,1-2H3,(H,19,22). The first kappa shape index (κ1) is 18.5. The number of halogens is 1. The molecule has 1 aromatic carbocycles. The van der Waals surface area contributed by atoms with Crippen LogP contribution in [0.25, 0.3) is 0 Å². The van der Waals surface area contributed by atoms with Crippen LogP contribution in [0.4, 0.5) is 0 Å². The molecule has 0 unspecified atom stereocenters. The molecule has 0 radical (unpaired) electrons. The van der Waals surface area contributed by atoms with E-state index in [1.165, 1.54) is 6.92 Å². The van der Waals surface area contributed by atoms with Crippen molar-refractivity contribution in [2.75, 3.05) is 19.6 Å². The molecule has 22 heavy (non-hydrogen) atoms. The number of carbonyl (C=O) groups excluding carboxylic acids is 2. The van der Waals surface area contributed by atoms with Gasteiger partial charge in [-0.25, -0.2) is 0 Å². The molecule has 0 atom stereocenters. The summed E-state index contributed by atoms with van der Waals surface area (Å²) in [4.78, 5) is 25.0. The lowest BCUT2D eigenvalue weighted by Gasteiger charge is -2.20. The molecule has 0 aliphatic rings. The lowest BCUT2D eigenvalue weighted by molar-refractivity contribution is -0.134. The Hall–Kier alpha value is -1.55. The second kappa shape index (κ2) is 10.2. The van der Waals surface area contributed by atoms with Gasteiger partial charge >= 0.3 is 0 Å². The molecular formula is C17H25ClN2O2. The number of amides is 2. The fourth-order valence-corrected chi connectivity index (χ4v) is 2.25. The average Bonchev–Trinajstić information content (AvgIpc) is 2.48. The van der Waals surface area contributed by atoms with Crippen LogP contribution in [0.1, 0.15) is 38.7 Å². The maximum Gasteiger partial charge on any atom is 0.239 e. The van der Waals surface area contributed by atoms with Crippen LogP contribution in [0.5, 0.6) is 0 Å². The van der Waals surface area contributed by atoms with E-state index in [4.69, 9.17) is 11.6 Å². The third-order valence-corrected chi connectivity index (χ3v) is 3.71. The minimum Gasteiger partial charge on any atom is -0.354 e. The molecule has 0 saturated heterocycles. The normalized spacial score (nSPS) is 10.3. The van der Waals surface area contributed by atoms with Crippen LogP contribution in [-0.4, -0.2) is 36.3 Å². The Morgan fingerprint density at radius 3 is 2.45 bits per heavy atom. The van der Waals surface area contributed by atoms with Gasteiger partial charge in [0.2, 0.25) is 11.8 Å². The van der Waals surface area contributed by atoms with E-state index in [2.05, 4.69) is 12.2 Å². The van der Waals surface area contributed by atoms with E-state index in [0.29, 0.717) is 18.1 Å². The zero-order valence-corrected chi connectivity index (χ0v) is 14.2. The predicted octanol–water partition coefficient (Wildman–Crippen LogP) is 3.04. The molecule has 0 saturated carbocycles. The molecule has 0 bridgehead atoms. The van der Waals surface area contributed by atoms with Crippen LogP contribution in [0.2, 0.25) is 5.02 Å². The summed E-state index contributed by atoms with van der Waals surface area (Å²) in [6, 6.07) is 7.57. The summed E-state index contributed by atoms with van der Waals surface area (Å²) in [7, 11) is 0. The molecule has 0 spiro atoms. The Labute approximate surface area is 137 Å². The van der Waals surface area contributed by atoms with Gasteiger partial charge in [-0.2, -0.15) is 0 Å². The maximum absolute atomic E-state index is 11.9. The van der Waals surface area contributed by atoms with Crippen LogP contribution in [0.3, 0.4) is 0 Å². The van der Waals surface area contributed by atoms with Crippen molar-refractivity contribution in [2.24, 2.45) is 0 Å². The van der Waals surface area contributed by atoms with E-state index < -0.39 is 0 Å². The number of unbranched alkanes of at least 4 members (excludes halogenated alkanes) is 2. The SMILES string of the molecule is CCCCCN(CC(=O)NCCc1ccc(Cl)cc1)C(C)=O. The first-order valence-electron chi connectivity index (χ1n) is 7.79. The highest BCUT2D eigenvalue weighted by Crippen LogP contribution is 2.09. The van der Waals surface area contributed by atoms with Gasteiger partial charge in [0.25, 0.3) is 0 Å². The van der Waals surface area contributed by atoms with Crippen molar-refractivity contribution in [2.45, 2.75) is 39.5 Å². The molecule has 2 amide bonds. The topological polar surface area (TPSA) is 49.4 Å². The van der Waals surface area contributed by atoms with Crippen molar-refractivity contribution in [1.82, 2.24) is 10.2 Å². The van der Waals surface area contributed by atoms with Gasteiger partial charge in [0.05, 0.1) is 6.54 Å². The Balaban J connectivity index is 2.30. The fourth-order valence-electron chi connectivity index (χ4n) is 2.13. The molecule has 0 aliphatic heterocycles. The molecule has 122 valence electrons. The molecule has 0 heterocycles. The largest absolute Gasteiger partial charge is 0.354 e. The zero-order chi connectivity index (χ0) is 16.4. The Morgan fingerprint density at radius 2 is 1.86 bits per heavy atom.